The van der Waals surface area contributed by atoms with Gasteiger partial charge in [-0.25, -0.2) is 4.98 Å². The second-order valence-corrected chi connectivity index (χ2v) is 7.42. The van der Waals surface area contributed by atoms with Crippen LogP contribution < -0.4 is 5.32 Å². The highest BCUT2D eigenvalue weighted by Gasteiger charge is 2.19. The molecule has 2 aromatic heterocycles. The van der Waals surface area contributed by atoms with Gasteiger partial charge in [0.1, 0.15) is 0 Å². The molecule has 3 heterocycles. The van der Waals surface area contributed by atoms with E-state index in [0.29, 0.717) is 10.6 Å². The lowest BCUT2D eigenvalue weighted by Gasteiger charge is -2.29. The molecule has 1 aromatic carbocycles. The molecule has 1 aliphatic rings. The highest BCUT2D eigenvalue weighted by molar-refractivity contribution is 6.35. The summed E-state index contributed by atoms with van der Waals surface area (Å²) in [6.45, 7) is 10.0. The maximum atomic E-state index is 12.5. The molecule has 166 valence electrons. The van der Waals surface area contributed by atoms with E-state index in [-0.39, 0.29) is 11.9 Å². The first-order valence-electron chi connectivity index (χ1n) is 11.1. The van der Waals surface area contributed by atoms with E-state index >= 15 is 0 Å². The summed E-state index contributed by atoms with van der Waals surface area (Å²) in [5.41, 5.74) is 3.16. The SMILES string of the molecule is CC.CC.CN1CCC(NC(=O)c2ccc(-c3cc(Cl)c4cnccc4n3)cc2)CC1. The zero-order valence-electron chi connectivity index (χ0n) is 19.2. The van der Waals surface area contributed by atoms with Crippen molar-refractivity contribution in [2.45, 2.75) is 46.6 Å². The van der Waals surface area contributed by atoms with Crippen LogP contribution in [-0.2, 0) is 0 Å². The average Bonchev–Trinajstić information content (AvgIpc) is 2.83. The van der Waals surface area contributed by atoms with Crippen molar-refractivity contribution in [3.8, 4) is 11.3 Å². The van der Waals surface area contributed by atoms with Crippen molar-refractivity contribution in [2.24, 2.45) is 0 Å². The van der Waals surface area contributed by atoms with Gasteiger partial charge in [0.05, 0.1) is 16.2 Å². The maximum Gasteiger partial charge on any atom is 0.251 e. The molecule has 0 atom stereocenters. The highest BCUT2D eigenvalue weighted by Crippen LogP contribution is 2.27. The molecule has 3 aromatic rings. The van der Waals surface area contributed by atoms with Crippen LogP contribution in [0.25, 0.3) is 22.2 Å². The standard InChI is InChI=1S/C21H21ClN4O.2C2H6/c1-26-10-7-16(8-11-26)24-21(27)15-4-2-14(3-5-15)20-12-18(22)17-13-23-9-6-19(17)25-20;2*1-2/h2-6,9,12-13,16H,7-8,10-11H2,1H3,(H,24,27);2*1-2H3. The number of hydrogen-bond acceptors (Lipinski definition) is 4. The zero-order chi connectivity index (χ0) is 22.8. The normalized spacial score (nSPS) is 14.1. The quantitative estimate of drug-likeness (QED) is 0.556. The molecule has 31 heavy (non-hydrogen) atoms. The third-order valence-electron chi connectivity index (χ3n) is 5.06. The summed E-state index contributed by atoms with van der Waals surface area (Å²) < 4.78 is 0. The number of likely N-dealkylation sites (tertiary alicyclic amines) is 1. The number of carbonyl (C=O) groups excluding carboxylic acids is 1. The third kappa shape index (κ3) is 6.49. The number of nitrogens with one attached hydrogen (secondary N) is 1. The summed E-state index contributed by atoms with van der Waals surface area (Å²) in [4.78, 5) is 23.5. The second kappa shape index (κ2) is 12.4. The predicted octanol–water partition coefficient (Wildman–Crippen LogP) is 5.83. The zero-order valence-corrected chi connectivity index (χ0v) is 19.9. The van der Waals surface area contributed by atoms with Gasteiger partial charge in [0, 0.05) is 34.9 Å². The first-order valence-corrected chi connectivity index (χ1v) is 11.5. The number of amides is 1. The lowest BCUT2D eigenvalue weighted by molar-refractivity contribution is 0.0917. The van der Waals surface area contributed by atoms with Gasteiger partial charge in [-0.3, -0.25) is 9.78 Å². The van der Waals surface area contributed by atoms with Crippen LogP contribution in [0, 0.1) is 0 Å². The molecule has 1 saturated heterocycles. The molecule has 0 bridgehead atoms. The van der Waals surface area contributed by atoms with Crippen molar-refractivity contribution in [1.29, 1.82) is 0 Å². The van der Waals surface area contributed by atoms with Crippen LogP contribution in [0.1, 0.15) is 50.9 Å². The molecule has 1 fully saturated rings. The predicted molar refractivity (Wildman–Crippen MR) is 131 cm³/mol. The Morgan fingerprint density at radius 2 is 1.71 bits per heavy atom. The fourth-order valence-corrected chi connectivity index (χ4v) is 3.64. The van der Waals surface area contributed by atoms with Crippen molar-refractivity contribution in [3.63, 3.8) is 0 Å². The van der Waals surface area contributed by atoms with Crippen LogP contribution in [0.4, 0.5) is 0 Å². The van der Waals surface area contributed by atoms with Crippen molar-refractivity contribution >= 4 is 28.4 Å². The number of pyridine rings is 2. The average molecular weight is 441 g/mol. The van der Waals surface area contributed by atoms with Crippen LogP contribution in [0.15, 0.2) is 48.8 Å². The Morgan fingerprint density at radius 3 is 2.35 bits per heavy atom. The topological polar surface area (TPSA) is 58.1 Å². The maximum absolute atomic E-state index is 12.5. The van der Waals surface area contributed by atoms with Crippen molar-refractivity contribution in [2.75, 3.05) is 20.1 Å². The first kappa shape index (κ1) is 24.8. The number of carbonyl (C=O) groups is 1. The summed E-state index contributed by atoms with van der Waals surface area (Å²) in [5.74, 6) is -0.0216. The Morgan fingerprint density at radius 1 is 1.06 bits per heavy atom. The van der Waals surface area contributed by atoms with E-state index in [1.807, 2.05) is 64.1 Å². The van der Waals surface area contributed by atoms with Gasteiger partial charge in [0.25, 0.3) is 5.91 Å². The number of piperidine rings is 1. The molecule has 0 radical (unpaired) electrons. The van der Waals surface area contributed by atoms with Gasteiger partial charge in [0.15, 0.2) is 0 Å². The second-order valence-electron chi connectivity index (χ2n) is 7.01. The van der Waals surface area contributed by atoms with Gasteiger partial charge in [-0.2, -0.15) is 0 Å². The van der Waals surface area contributed by atoms with E-state index in [0.717, 1.165) is 48.1 Å². The van der Waals surface area contributed by atoms with E-state index in [2.05, 4.69) is 27.2 Å². The number of aromatic nitrogens is 2. The number of nitrogens with zero attached hydrogens (tertiary/aromatic N) is 3. The fourth-order valence-electron chi connectivity index (χ4n) is 3.39. The van der Waals surface area contributed by atoms with Crippen molar-refractivity contribution < 1.29 is 4.79 Å². The van der Waals surface area contributed by atoms with E-state index in [9.17, 15) is 4.79 Å². The number of fused-ring (bicyclic) bond motifs is 1. The van der Waals surface area contributed by atoms with Gasteiger partial charge < -0.3 is 10.2 Å². The molecule has 0 aliphatic carbocycles. The minimum Gasteiger partial charge on any atom is -0.349 e. The molecular weight excluding hydrogens is 408 g/mol. The fraction of sp³-hybridized carbons (Fsp3) is 0.400. The summed E-state index contributed by atoms with van der Waals surface area (Å²) in [6.07, 6.45) is 5.40. The lowest BCUT2D eigenvalue weighted by Crippen LogP contribution is -2.43. The Balaban J connectivity index is 0.000000807. The number of halogens is 1. The Labute approximate surface area is 190 Å². The monoisotopic (exact) mass is 440 g/mol. The molecular formula is C25H33ClN4O. The minimum absolute atomic E-state index is 0.0216. The Hall–Kier alpha value is -2.50. The molecule has 1 aliphatic heterocycles. The Bertz CT molecular complexity index is 967. The van der Waals surface area contributed by atoms with Gasteiger partial charge >= 0.3 is 0 Å². The largest absolute Gasteiger partial charge is 0.349 e. The van der Waals surface area contributed by atoms with E-state index in [1.165, 1.54) is 0 Å². The van der Waals surface area contributed by atoms with E-state index < -0.39 is 0 Å². The molecule has 0 unspecified atom stereocenters. The van der Waals surface area contributed by atoms with Crippen LogP contribution in [-0.4, -0.2) is 47.0 Å². The lowest BCUT2D eigenvalue weighted by atomic mass is 10.0. The third-order valence-corrected chi connectivity index (χ3v) is 5.37. The highest BCUT2D eigenvalue weighted by atomic mass is 35.5. The number of rotatable bonds is 3. The number of benzene rings is 1. The van der Waals surface area contributed by atoms with Gasteiger partial charge in [-0.15, -0.1) is 0 Å². The minimum atomic E-state index is -0.0216. The molecule has 6 heteroatoms. The van der Waals surface area contributed by atoms with Gasteiger partial charge in [0.2, 0.25) is 0 Å². The van der Waals surface area contributed by atoms with Crippen molar-refractivity contribution in [3.05, 3.63) is 59.4 Å². The molecule has 1 amide bonds. The number of hydrogen-bond donors (Lipinski definition) is 1. The van der Waals surface area contributed by atoms with Crippen LogP contribution in [0.3, 0.4) is 0 Å². The molecule has 4 rings (SSSR count). The first-order chi connectivity index (χ1) is 15.1. The summed E-state index contributed by atoms with van der Waals surface area (Å²) in [6, 6.07) is 11.4. The molecule has 0 saturated carbocycles. The van der Waals surface area contributed by atoms with Crippen molar-refractivity contribution in [1.82, 2.24) is 20.2 Å². The Kier molecular flexibility index (Phi) is 9.89. The van der Waals surface area contributed by atoms with Crippen LogP contribution >= 0.6 is 11.6 Å². The van der Waals surface area contributed by atoms with E-state index in [1.54, 1.807) is 12.4 Å². The summed E-state index contributed by atoms with van der Waals surface area (Å²) in [5, 5.41) is 4.59. The van der Waals surface area contributed by atoms with Gasteiger partial charge in [-0.1, -0.05) is 51.4 Å². The molecule has 5 nitrogen and oxygen atoms in total. The van der Waals surface area contributed by atoms with Crippen LogP contribution in [0.2, 0.25) is 5.02 Å². The summed E-state index contributed by atoms with van der Waals surface area (Å²) in [7, 11) is 2.11. The summed E-state index contributed by atoms with van der Waals surface area (Å²) >= 11 is 6.36. The molecule has 0 spiro atoms. The van der Waals surface area contributed by atoms with E-state index in [4.69, 9.17) is 11.6 Å². The smallest absolute Gasteiger partial charge is 0.251 e. The van der Waals surface area contributed by atoms with Gasteiger partial charge in [-0.05, 0) is 57.2 Å². The van der Waals surface area contributed by atoms with Crippen LogP contribution in [0.5, 0.6) is 0 Å². The molecule has 1 N–H and O–H groups in total.